The van der Waals surface area contributed by atoms with Crippen molar-refractivity contribution >= 4 is 17.6 Å². The van der Waals surface area contributed by atoms with Gasteiger partial charge in [-0.2, -0.15) is 0 Å². The number of likely N-dealkylation sites (tertiary alicyclic amines) is 1. The predicted molar refractivity (Wildman–Crippen MR) is 75.7 cm³/mol. The van der Waals surface area contributed by atoms with Gasteiger partial charge >= 0.3 is 5.97 Å². The fraction of sp³-hybridized carbons (Fsp3) is 0.533. The lowest BCUT2D eigenvalue weighted by atomic mass is 9.76. The zero-order valence-electron chi connectivity index (χ0n) is 11.5. The number of carboxylic acid groups (broad SMARTS) is 1. The SMILES string of the molecule is O=C(O)[C@]12COCC[C@H]1CN(Cc1ccc(Cl)cc1F)C2. The van der Waals surface area contributed by atoms with Crippen LogP contribution in [0.2, 0.25) is 5.02 Å². The second kappa shape index (κ2) is 5.55. The van der Waals surface area contributed by atoms with Crippen molar-refractivity contribution in [3.05, 3.63) is 34.6 Å². The zero-order chi connectivity index (χ0) is 15.0. The average molecular weight is 314 g/mol. The highest BCUT2D eigenvalue weighted by Gasteiger charge is 2.53. The first-order valence-electron chi connectivity index (χ1n) is 6.99. The van der Waals surface area contributed by atoms with E-state index in [0.717, 1.165) is 6.42 Å². The highest BCUT2D eigenvalue weighted by atomic mass is 35.5. The van der Waals surface area contributed by atoms with Gasteiger partial charge in [-0.3, -0.25) is 9.69 Å². The molecule has 2 fully saturated rings. The van der Waals surface area contributed by atoms with E-state index in [1.165, 1.54) is 6.07 Å². The largest absolute Gasteiger partial charge is 0.481 e. The molecule has 1 aromatic rings. The highest BCUT2D eigenvalue weighted by Crippen LogP contribution is 2.42. The summed E-state index contributed by atoms with van der Waals surface area (Å²) in [6, 6.07) is 4.60. The number of carboxylic acids is 1. The molecule has 0 unspecified atom stereocenters. The van der Waals surface area contributed by atoms with Crippen LogP contribution in [-0.4, -0.2) is 42.3 Å². The quantitative estimate of drug-likeness (QED) is 0.931. The molecule has 0 radical (unpaired) electrons. The molecular formula is C15H17ClFNO3. The Bertz CT molecular complexity index is 568. The van der Waals surface area contributed by atoms with Crippen molar-refractivity contribution in [3.63, 3.8) is 0 Å². The Labute approximate surface area is 127 Å². The Hall–Kier alpha value is -1.17. The van der Waals surface area contributed by atoms with Gasteiger partial charge in [0.05, 0.1) is 6.61 Å². The first kappa shape index (κ1) is 14.8. The monoisotopic (exact) mass is 313 g/mol. The van der Waals surface area contributed by atoms with E-state index in [2.05, 4.69) is 0 Å². The summed E-state index contributed by atoms with van der Waals surface area (Å²) in [6.07, 6.45) is 0.742. The zero-order valence-corrected chi connectivity index (χ0v) is 12.3. The maximum atomic E-state index is 13.9. The van der Waals surface area contributed by atoms with Crippen molar-refractivity contribution in [2.45, 2.75) is 13.0 Å². The van der Waals surface area contributed by atoms with E-state index in [1.807, 2.05) is 4.90 Å². The fourth-order valence-corrected chi connectivity index (χ4v) is 3.56. The summed E-state index contributed by atoms with van der Waals surface area (Å²) >= 11 is 5.75. The fourth-order valence-electron chi connectivity index (χ4n) is 3.41. The van der Waals surface area contributed by atoms with Crippen LogP contribution in [0.1, 0.15) is 12.0 Å². The summed E-state index contributed by atoms with van der Waals surface area (Å²) in [6.45, 7) is 2.30. The molecule has 1 aromatic carbocycles. The minimum atomic E-state index is -0.846. The number of ether oxygens (including phenoxy) is 1. The Balaban J connectivity index is 1.78. The molecule has 0 spiro atoms. The normalized spacial score (nSPS) is 29.3. The number of aliphatic carboxylic acids is 1. The van der Waals surface area contributed by atoms with E-state index in [0.29, 0.717) is 36.8 Å². The van der Waals surface area contributed by atoms with E-state index in [4.69, 9.17) is 16.3 Å². The molecule has 0 bridgehead atoms. The second-order valence-electron chi connectivity index (χ2n) is 5.90. The van der Waals surface area contributed by atoms with Crippen LogP contribution in [0.15, 0.2) is 18.2 Å². The maximum absolute atomic E-state index is 13.9. The van der Waals surface area contributed by atoms with Crippen molar-refractivity contribution in [2.24, 2.45) is 11.3 Å². The van der Waals surface area contributed by atoms with Gasteiger partial charge in [0, 0.05) is 36.8 Å². The Morgan fingerprint density at radius 1 is 1.57 bits per heavy atom. The number of benzene rings is 1. The van der Waals surface area contributed by atoms with Crippen LogP contribution in [0.3, 0.4) is 0 Å². The molecule has 2 aliphatic rings. The van der Waals surface area contributed by atoms with Gasteiger partial charge in [0.15, 0.2) is 0 Å². The highest BCUT2D eigenvalue weighted by molar-refractivity contribution is 6.30. The van der Waals surface area contributed by atoms with Crippen LogP contribution in [0.25, 0.3) is 0 Å². The van der Waals surface area contributed by atoms with Gasteiger partial charge in [0.25, 0.3) is 0 Å². The standard InChI is InChI=1S/C15H17ClFNO3/c16-12-2-1-10(13(17)5-12)6-18-7-11-3-4-21-9-15(11,8-18)14(19)20/h1-2,5,11H,3-4,6-9H2,(H,19,20)/t11-,15+/m0/s1. The molecule has 21 heavy (non-hydrogen) atoms. The van der Waals surface area contributed by atoms with E-state index in [-0.39, 0.29) is 18.3 Å². The lowest BCUT2D eigenvalue weighted by molar-refractivity contribution is -0.159. The number of nitrogens with zero attached hydrogens (tertiary/aromatic N) is 1. The lowest BCUT2D eigenvalue weighted by Crippen LogP contribution is -2.46. The summed E-state index contributed by atoms with van der Waals surface area (Å²) in [5.41, 5.74) is -0.305. The Morgan fingerprint density at radius 3 is 3.05 bits per heavy atom. The molecular weight excluding hydrogens is 297 g/mol. The third-order valence-corrected chi connectivity index (χ3v) is 4.81. The molecule has 114 valence electrons. The molecule has 2 atom stereocenters. The Kier molecular flexibility index (Phi) is 3.90. The number of hydrogen-bond donors (Lipinski definition) is 1. The second-order valence-corrected chi connectivity index (χ2v) is 6.34. The molecule has 3 rings (SSSR count). The molecule has 0 aliphatic carbocycles. The molecule has 4 nitrogen and oxygen atoms in total. The molecule has 0 amide bonds. The summed E-state index contributed by atoms with van der Waals surface area (Å²) < 4.78 is 19.3. The van der Waals surface area contributed by atoms with E-state index < -0.39 is 11.4 Å². The van der Waals surface area contributed by atoms with Crippen molar-refractivity contribution in [1.82, 2.24) is 4.90 Å². The maximum Gasteiger partial charge on any atom is 0.313 e. The van der Waals surface area contributed by atoms with Crippen molar-refractivity contribution in [2.75, 3.05) is 26.3 Å². The summed E-state index contributed by atoms with van der Waals surface area (Å²) in [7, 11) is 0. The number of halogens is 2. The van der Waals surface area contributed by atoms with E-state index in [9.17, 15) is 14.3 Å². The molecule has 2 aliphatic heterocycles. The van der Waals surface area contributed by atoms with Gasteiger partial charge in [-0.25, -0.2) is 4.39 Å². The minimum Gasteiger partial charge on any atom is -0.481 e. The van der Waals surface area contributed by atoms with Crippen LogP contribution >= 0.6 is 11.6 Å². The van der Waals surface area contributed by atoms with Gasteiger partial charge < -0.3 is 9.84 Å². The summed E-state index contributed by atoms with van der Waals surface area (Å²) in [4.78, 5) is 13.7. The molecule has 2 saturated heterocycles. The van der Waals surface area contributed by atoms with E-state index in [1.54, 1.807) is 12.1 Å². The van der Waals surface area contributed by atoms with Gasteiger partial charge in [-0.1, -0.05) is 17.7 Å². The van der Waals surface area contributed by atoms with Gasteiger partial charge in [0.2, 0.25) is 0 Å². The van der Waals surface area contributed by atoms with Crippen LogP contribution < -0.4 is 0 Å². The third kappa shape index (κ3) is 2.65. The topological polar surface area (TPSA) is 49.8 Å². The van der Waals surface area contributed by atoms with Crippen molar-refractivity contribution in [1.29, 1.82) is 0 Å². The van der Waals surface area contributed by atoms with Gasteiger partial charge in [0.1, 0.15) is 11.2 Å². The lowest BCUT2D eigenvalue weighted by Gasteiger charge is -2.34. The van der Waals surface area contributed by atoms with Crippen molar-refractivity contribution in [3.8, 4) is 0 Å². The van der Waals surface area contributed by atoms with E-state index >= 15 is 0 Å². The number of hydrogen-bond acceptors (Lipinski definition) is 3. The van der Waals surface area contributed by atoms with Gasteiger partial charge in [-0.05, 0) is 24.5 Å². The number of carbonyl (C=O) groups is 1. The minimum absolute atomic E-state index is 0.0686. The summed E-state index contributed by atoms with van der Waals surface area (Å²) in [5, 5.41) is 9.94. The number of rotatable bonds is 3. The predicted octanol–water partition coefficient (Wildman–Crippen LogP) is 2.40. The Morgan fingerprint density at radius 2 is 2.38 bits per heavy atom. The molecule has 0 aromatic heterocycles. The van der Waals surface area contributed by atoms with Crippen LogP contribution in [0.5, 0.6) is 0 Å². The average Bonchev–Trinajstić information content (AvgIpc) is 2.81. The molecule has 1 N–H and O–H groups in total. The molecule has 0 saturated carbocycles. The van der Waals surface area contributed by atoms with Crippen molar-refractivity contribution < 1.29 is 19.0 Å². The molecule has 6 heteroatoms. The van der Waals surface area contributed by atoms with Crippen LogP contribution in [-0.2, 0) is 16.1 Å². The first-order valence-corrected chi connectivity index (χ1v) is 7.36. The number of fused-ring (bicyclic) bond motifs is 1. The smallest absolute Gasteiger partial charge is 0.313 e. The van der Waals surface area contributed by atoms with Gasteiger partial charge in [-0.15, -0.1) is 0 Å². The van der Waals surface area contributed by atoms with Crippen LogP contribution in [0.4, 0.5) is 4.39 Å². The molecule has 2 heterocycles. The van der Waals surface area contributed by atoms with Crippen LogP contribution in [0, 0.1) is 17.2 Å². The first-order chi connectivity index (χ1) is 10.0. The third-order valence-electron chi connectivity index (χ3n) is 4.57. The summed E-state index contributed by atoms with van der Waals surface area (Å²) in [5.74, 6) is -1.09.